The number of rotatable bonds is 3. The third-order valence-electron chi connectivity index (χ3n) is 2.98. The fourth-order valence-electron chi connectivity index (χ4n) is 1.74. The summed E-state index contributed by atoms with van der Waals surface area (Å²) in [4.78, 5) is 20.9. The first-order valence-electron chi connectivity index (χ1n) is 6.05. The second-order valence-corrected chi connectivity index (χ2v) is 5.21. The average molecular weight is 266 g/mol. The highest BCUT2D eigenvalue weighted by molar-refractivity contribution is 7.18. The van der Waals surface area contributed by atoms with Gasteiger partial charge in [0.15, 0.2) is 5.13 Å². The Balaban J connectivity index is 2.19. The lowest BCUT2D eigenvalue weighted by atomic mass is 10.2. The van der Waals surface area contributed by atoms with Crippen molar-refractivity contribution in [2.24, 2.45) is 0 Å². The molecule has 1 aliphatic heterocycles. The Bertz CT molecular complexity index is 469. The zero-order chi connectivity index (χ0) is 13.1. The van der Waals surface area contributed by atoms with Gasteiger partial charge < -0.3 is 15.5 Å². The molecule has 1 aromatic heterocycles. The van der Waals surface area contributed by atoms with Crippen LogP contribution in [0.3, 0.4) is 0 Å². The number of carbonyl (C=O) groups excluding carboxylic acids is 1. The number of carbonyl (C=O) groups is 1. The minimum atomic E-state index is -0.00916. The number of anilines is 2. The van der Waals surface area contributed by atoms with Crippen molar-refractivity contribution < 1.29 is 4.79 Å². The molecule has 2 N–H and O–H groups in total. The molecular weight excluding hydrogens is 248 g/mol. The molecule has 0 atom stereocenters. The molecule has 0 unspecified atom stereocenters. The van der Waals surface area contributed by atoms with Gasteiger partial charge in [-0.05, 0) is 13.3 Å². The van der Waals surface area contributed by atoms with E-state index in [0.717, 1.165) is 24.6 Å². The topological polar surface area (TPSA) is 62.5 Å². The number of nitrogen functional groups attached to an aromatic ring is 1. The molecule has 0 radical (unpaired) electrons. The number of hydrogen-bond donors (Lipinski definition) is 1. The van der Waals surface area contributed by atoms with E-state index in [1.807, 2.05) is 24.9 Å². The van der Waals surface area contributed by atoms with Crippen molar-refractivity contribution in [3.8, 4) is 0 Å². The van der Waals surface area contributed by atoms with Gasteiger partial charge in [-0.25, -0.2) is 4.98 Å². The Morgan fingerprint density at radius 2 is 2.39 bits per heavy atom. The SMILES string of the molecule is CCN(C)c1nc(N)c(C(=O)N2CC=CCC2)s1. The first-order chi connectivity index (χ1) is 8.63. The molecular formula is C12H18N4OS. The molecule has 0 fully saturated rings. The summed E-state index contributed by atoms with van der Waals surface area (Å²) in [5, 5.41) is 0.797. The minimum absolute atomic E-state index is 0.00916. The van der Waals surface area contributed by atoms with Crippen LogP contribution in [0.25, 0.3) is 0 Å². The Labute approximate surface area is 111 Å². The zero-order valence-electron chi connectivity index (χ0n) is 10.7. The Kier molecular flexibility index (Phi) is 3.86. The summed E-state index contributed by atoms with van der Waals surface area (Å²) in [5.74, 6) is 0.333. The normalized spacial score (nSPS) is 14.9. The lowest BCUT2D eigenvalue weighted by molar-refractivity contribution is 0.0776. The molecule has 2 heterocycles. The van der Waals surface area contributed by atoms with Crippen LogP contribution in [-0.2, 0) is 0 Å². The van der Waals surface area contributed by atoms with Gasteiger partial charge in [-0.3, -0.25) is 4.79 Å². The van der Waals surface area contributed by atoms with Crippen LogP contribution >= 0.6 is 11.3 Å². The van der Waals surface area contributed by atoms with Crippen LogP contribution in [0.2, 0.25) is 0 Å². The highest BCUT2D eigenvalue weighted by Gasteiger charge is 2.22. The summed E-state index contributed by atoms with van der Waals surface area (Å²) < 4.78 is 0. The van der Waals surface area contributed by atoms with Gasteiger partial charge in [-0.1, -0.05) is 23.5 Å². The van der Waals surface area contributed by atoms with E-state index < -0.39 is 0 Å². The van der Waals surface area contributed by atoms with Crippen LogP contribution in [0.1, 0.15) is 23.0 Å². The summed E-state index contributed by atoms with van der Waals surface area (Å²) in [6, 6.07) is 0. The molecule has 6 heteroatoms. The van der Waals surface area contributed by atoms with Gasteiger partial charge in [0, 0.05) is 26.7 Å². The van der Waals surface area contributed by atoms with Crippen molar-refractivity contribution in [2.75, 3.05) is 37.3 Å². The quantitative estimate of drug-likeness (QED) is 0.844. The van der Waals surface area contributed by atoms with Crippen LogP contribution in [-0.4, -0.2) is 42.5 Å². The first-order valence-corrected chi connectivity index (χ1v) is 6.86. The molecule has 0 bridgehead atoms. The molecule has 1 amide bonds. The summed E-state index contributed by atoms with van der Waals surface area (Å²) in [7, 11) is 1.94. The second kappa shape index (κ2) is 5.39. The molecule has 0 spiro atoms. The van der Waals surface area contributed by atoms with E-state index in [4.69, 9.17) is 5.73 Å². The van der Waals surface area contributed by atoms with Gasteiger partial charge in [0.05, 0.1) is 0 Å². The van der Waals surface area contributed by atoms with Crippen molar-refractivity contribution >= 4 is 28.2 Å². The molecule has 2 rings (SSSR count). The average Bonchev–Trinajstić information content (AvgIpc) is 2.80. The lowest BCUT2D eigenvalue weighted by Crippen LogP contribution is -2.33. The largest absolute Gasteiger partial charge is 0.382 e. The van der Waals surface area contributed by atoms with E-state index in [-0.39, 0.29) is 5.91 Å². The maximum atomic E-state index is 12.3. The summed E-state index contributed by atoms with van der Waals surface area (Å²) in [6.07, 6.45) is 5.01. The summed E-state index contributed by atoms with van der Waals surface area (Å²) in [6.45, 7) is 4.29. The molecule has 0 saturated carbocycles. The standard InChI is InChI=1S/C12H18N4OS/c1-3-15(2)12-14-10(13)9(18-12)11(17)16-7-5-4-6-8-16/h4-5H,3,6-8,13H2,1-2H3. The molecule has 0 aliphatic carbocycles. The van der Waals surface area contributed by atoms with E-state index >= 15 is 0 Å². The molecule has 5 nitrogen and oxygen atoms in total. The van der Waals surface area contributed by atoms with Crippen molar-refractivity contribution in [2.45, 2.75) is 13.3 Å². The predicted octanol–water partition coefficient (Wildman–Crippen LogP) is 1.58. The monoisotopic (exact) mass is 266 g/mol. The van der Waals surface area contributed by atoms with Crippen molar-refractivity contribution in [1.29, 1.82) is 0 Å². The molecule has 0 saturated heterocycles. The Morgan fingerprint density at radius 1 is 1.61 bits per heavy atom. The van der Waals surface area contributed by atoms with Gasteiger partial charge >= 0.3 is 0 Å². The third-order valence-corrected chi connectivity index (χ3v) is 4.16. The molecule has 0 aromatic carbocycles. The number of nitrogens with zero attached hydrogens (tertiary/aromatic N) is 3. The van der Waals surface area contributed by atoms with Crippen molar-refractivity contribution in [1.82, 2.24) is 9.88 Å². The summed E-state index contributed by atoms with van der Waals surface area (Å²) >= 11 is 1.37. The van der Waals surface area contributed by atoms with Crippen LogP contribution < -0.4 is 10.6 Å². The maximum Gasteiger partial charge on any atom is 0.268 e. The maximum absolute atomic E-state index is 12.3. The van der Waals surface area contributed by atoms with Crippen molar-refractivity contribution in [3.63, 3.8) is 0 Å². The van der Waals surface area contributed by atoms with E-state index in [2.05, 4.69) is 11.1 Å². The van der Waals surface area contributed by atoms with Crippen molar-refractivity contribution in [3.05, 3.63) is 17.0 Å². The van der Waals surface area contributed by atoms with E-state index in [1.54, 1.807) is 4.90 Å². The highest BCUT2D eigenvalue weighted by Crippen LogP contribution is 2.28. The van der Waals surface area contributed by atoms with Crippen LogP contribution in [0.5, 0.6) is 0 Å². The number of hydrogen-bond acceptors (Lipinski definition) is 5. The van der Waals surface area contributed by atoms with E-state index in [0.29, 0.717) is 17.2 Å². The van der Waals surface area contributed by atoms with Crippen LogP contribution in [0.15, 0.2) is 12.2 Å². The van der Waals surface area contributed by atoms with Gasteiger partial charge in [0.2, 0.25) is 0 Å². The zero-order valence-corrected chi connectivity index (χ0v) is 11.5. The Morgan fingerprint density at radius 3 is 3.00 bits per heavy atom. The van der Waals surface area contributed by atoms with Gasteiger partial charge in [0.25, 0.3) is 5.91 Å². The summed E-state index contributed by atoms with van der Waals surface area (Å²) in [5.41, 5.74) is 5.85. The smallest absolute Gasteiger partial charge is 0.268 e. The van der Waals surface area contributed by atoms with Crippen LogP contribution in [0.4, 0.5) is 10.9 Å². The minimum Gasteiger partial charge on any atom is -0.382 e. The number of aromatic nitrogens is 1. The van der Waals surface area contributed by atoms with E-state index in [9.17, 15) is 4.79 Å². The van der Waals surface area contributed by atoms with Gasteiger partial charge in [-0.15, -0.1) is 0 Å². The number of nitrogens with two attached hydrogens (primary N) is 1. The lowest BCUT2D eigenvalue weighted by Gasteiger charge is -2.22. The molecule has 1 aliphatic rings. The Hall–Kier alpha value is -1.56. The molecule has 18 heavy (non-hydrogen) atoms. The highest BCUT2D eigenvalue weighted by atomic mass is 32.1. The fraction of sp³-hybridized carbons (Fsp3) is 0.500. The van der Waals surface area contributed by atoms with Gasteiger partial charge in [-0.2, -0.15) is 0 Å². The molecule has 98 valence electrons. The predicted molar refractivity (Wildman–Crippen MR) is 75.1 cm³/mol. The molecule has 1 aromatic rings. The fourth-order valence-corrected chi connectivity index (χ4v) is 2.72. The number of thiazole rings is 1. The second-order valence-electron chi connectivity index (χ2n) is 4.24. The third kappa shape index (κ3) is 2.48. The first kappa shape index (κ1) is 12.9. The number of amides is 1. The van der Waals surface area contributed by atoms with Gasteiger partial charge in [0.1, 0.15) is 10.7 Å². The van der Waals surface area contributed by atoms with E-state index in [1.165, 1.54) is 11.3 Å². The van der Waals surface area contributed by atoms with Crippen LogP contribution in [0, 0.1) is 0 Å².